The number of aliphatic hydroxyl groups excluding tert-OH is 1. The van der Waals surface area contributed by atoms with Gasteiger partial charge in [0, 0.05) is 31.8 Å². The minimum atomic E-state index is 0.197. The number of rotatable bonds is 6. The van der Waals surface area contributed by atoms with E-state index in [-0.39, 0.29) is 12.6 Å². The predicted molar refractivity (Wildman–Crippen MR) is 61.0 cm³/mol. The minimum Gasteiger partial charge on any atom is -0.395 e. The van der Waals surface area contributed by atoms with Gasteiger partial charge in [0.25, 0.3) is 0 Å². The van der Waals surface area contributed by atoms with Gasteiger partial charge in [-0.3, -0.25) is 0 Å². The highest BCUT2D eigenvalue weighted by molar-refractivity contribution is 4.76. The molecule has 2 N–H and O–H groups in total. The normalized spacial score (nSPS) is 20.8. The molecule has 1 saturated heterocycles. The first-order valence-electron chi connectivity index (χ1n) is 5.90. The molecule has 1 fully saturated rings. The van der Waals surface area contributed by atoms with Crippen molar-refractivity contribution >= 4 is 0 Å². The largest absolute Gasteiger partial charge is 0.395 e. The van der Waals surface area contributed by atoms with Gasteiger partial charge in [-0.2, -0.15) is 0 Å². The second-order valence-corrected chi connectivity index (χ2v) is 4.22. The lowest BCUT2D eigenvalue weighted by Crippen LogP contribution is -2.46. The molecule has 0 radical (unpaired) electrons. The molecule has 0 spiro atoms. The topological polar surface area (TPSA) is 44.7 Å². The highest BCUT2D eigenvalue weighted by Crippen LogP contribution is 2.12. The van der Waals surface area contributed by atoms with E-state index in [0.717, 1.165) is 39.1 Å². The summed E-state index contributed by atoms with van der Waals surface area (Å²) in [4.78, 5) is 2.34. The third kappa shape index (κ3) is 4.47. The molecular formula is C11H24N2O2. The van der Waals surface area contributed by atoms with Gasteiger partial charge in [-0.25, -0.2) is 0 Å². The zero-order valence-corrected chi connectivity index (χ0v) is 9.91. The Bertz CT molecular complexity index is 161. The second kappa shape index (κ2) is 7.17. The van der Waals surface area contributed by atoms with Gasteiger partial charge in [0.15, 0.2) is 0 Å². The van der Waals surface area contributed by atoms with Gasteiger partial charge >= 0.3 is 0 Å². The molecule has 0 aliphatic carbocycles. The first-order valence-corrected chi connectivity index (χ1v) is 5.90. The van der Waals surface area contributed by atoms with E-state index in [1.165, 1.54) is 0 Å². The number of likely N-dealkylation sites (N-methyl/N-ethyl adjacent to an activating group) is 2. The summed E-state index contributed by atoms with van der Waals surface area (Å²) in [5, 5.41) is 12.5. The van der Waals surface area contributed by atoms with Crippen molar-refractivity contribution in [3.05, 3.63) is 0 Å². The molecule has 0 bridgehead atoms. The fourth-order valence-corrected chi connectivity index (χ4v) is 2.10. The quantitative estimate of drug-likeness (QED) is 0.659. The number of nitrogens with zero attached hydrogens (tertiary/aromatic N) is 1. The Morgan fingerprint density at radius 3 is 2.67 bits per heavy atom. The molecule has 0 aromatic rings. The molecule has 90 valence electrons. The van der Waals surface area contributed by atoms with Crippen LogP contribution >= 0.6 is 0 Å². The van der Waals surface area contributed by atoms with Crippen LogP contribution in [-0.2, 0) is 4.74 Å². The summed E-state index contributed by atoms with van der Waals surface area (Å²) >= 11 is 0. The molecule has 1 heterocycles. The first-order chi connectivity index (χ1) is 7.27. The molecule has 4 heteroatoms. The standard InChI is InChI=1S/C11H24N2O2/c1-3-12-10(9-14)8-13(2)11-4-6-15-7-5-11/h10-12,14H,3-9H2,1-2H3. The highest BCUT2D eigenvalue weighted by Gasteiger charge is 2.20. The fourth-order valence-electron chi connectivity index (χ4n) is 2.10. The summed E-state index contributed by atoms with van der Waals surface area (Å²) < 4.78 is 5.34. The minimum absolute atomic E-state index is 0.197. The lowest BCUT2D eigenvalue weighted by atomic mass is 10.1. The molecule has 1 atom stereocenters. The van der Waals surface area contributed by atoms with Crippen molar-refractivity contribution in [2.45, 2.75) is 31.8 Å². The monoisotopic (exact) mass is 216 g/mol. The van der Waals surface area contributed by atoms with Crippen LogP contribution in [0.2, 0.25) is 0 Å². The summed E-state index contributed by atoms with van der Waals surface area (Å²) in [5.74, 6) is 0. The van der Waals surface area contributed by atoms with Gasteiger partial charge in [0.1, 0.15) is 0 Å². The Kier molecular flexibility index (Phi) is 6.17. The Balaban J connectivity index is 2.28. The van der Waals surface area contributed by atoms with Crippen molar-refractivity contribution in [2.75, 3.05) is 40.0 Å². The molecule has 0 saturated carbocycles. The molecular weight excluding hydrogens is 192 g/mol. The van der Waals surface area contributed by atoms with Gasteiger partial charge in [-0.05, 0) is 26.4 Å². The van der Waals surface area contributed by atoms with E-state index in [2.05, 4.69) is 24.2 Å². The smallest absolute Gasteiger partial charge is 0.0597 e. The maximum atomic E-state index is 9.19. The van der Waals surface area contributed by atoms with Gasteiger partial charge < -0.3 is 20.1 Å². The lowest BCUT2D eigenvalue weighted by molar-refractivity contribution is 0.0377. The molecule has 1 aliphatic heterocycles. The zero-order valence-electron chi connectivity index (χ0n) is 9.91. The molecule has 1 unspecified atom stereocenters. The Hall–Kier alpha value is -0.160. The average Bonchev–Trinajstić information content (AvgIpc) is 2.29. The second-order valence-electron chi connectivity index (χ2n) is 4.22. The van der Waals surface area contributed by atoms with Crippen molar-refractivity contribution in [3.63, 3.8) is 0 Å². The Morgan fingerprint density at radius 2 is 2.13 bits per heavy atom. The summed E-state index contributed by atoms with van der Waals surface area (Å²) in [6.45, 7) is 5.85. The molecule has 1 aliphatic rings. The van der Waals surface area contributed by atoms with Crippen molar-refractivity contribution < 1.29 is 9.84 Å². The van der Waals surface area contributed by atoms with Crippen LogP contribution in [-0.4, -0.2) is 62.0 Å². The van der Waals surface area contributed by atoms with Crippen molar-refractivity contribution in [3.8, 4) is 0 Å². The van der Waals surface area contributed by atoms with Crippen molar-refractivity contribution in [2.24, 2.45) is 0 Å². The van der Waals surface area contributed by atoms with Crippen LogP contribution in [0.25, 0.3) is 0 Å². The van der Waals surface area contributed by atoms with Crippen LogP contribution in [0.3, 0.4) is 0 Å². The first kappa shape index (κ1) is 12.9. The molecule has 4 nitrogen and oxygen atoms in total. The van der Waals surface area contributed by atoms with Gasteiger partial charge in [-0.15, -0.1) is 0 Å². The molecule has 0 aromatic carbocycles. The van der Waals surface area contributed by atoms with Crippen LogP contribution < -0.4 is 5.32 Å². The van der Waals surface area contributed by atoms with Crippen molar-refractivity contribution in [1.29, 1.82) is 0 Å². The van der Waals surface area contributed by atoms with Crippen molar-refractivity contribution in [1.82, 2.24) is 10.2 Å². The van der Waals surface area contributed by atoms with E-state index < -0.39 is 0 Å². The molecule has 1 rings (SSSR count). The number of hydrogen-bond acceptors (Lipinski definition) is 4. The maximum absolute atomic E-state index is 9.19. The zero-order chi connectivity index (χ0) is 11.1. The van der Waals surface area contributed by atoms with Crippen LogP contribution in [0.15, 0.2) is 0 Å². The Morgan fingerprint density at radius 1 is 1.47 bits per heavy atom. The number of aliphatic hydroxyl groups is 1. The van der Waals surface area contributed by atoms with E-state index >= 15 is 0 Å². The third-order valence-corrected chi connectivity index (χ3v) is 3.04. The van der Waals surface area contributed by atoms with Gasteiger partial charge in [0.2, 0.25) is 0 Å². The summed E-state index contributed by atoms with van der Waals surface area (Å²) in [7, 11) is 2.13. The summed E-state index contributed by atoms with van der Waals surface area (Å²) in [6.07, 6.45) is 2.22. The van der Waals surface area contributed by atoms with Crippen LogP contribution in [0.1, 0.15) is 19.8 Å². The Labute approximate surface area is 92.6 Å². The van der Waals surface area contributed by atoms with E-state index in [1.807, 2.05) is 0 Å². The van der Waals surface area contributed by atoms with E-state index in [9.17, 15) is 5.11 Å². The van der Waals surface area contributed by atoms with Crippen LogP contribution in [0.4, 0.5) is 0 Å². The van der Waals surface area contributed by atoms with Crippen LogP contribution in [0.5, 0.6) is 0 Å². The number of ether oxygens (including phenoxy) is 1. The maximum Gasteiger partial charge on any atom is 0.0597 e. The highest BCUT2D eigenvalue weighted by atomic mass is 16.5. The van der Waals surface area contributed by atoms with Crippen LogP contribution in [0, 0.1) is 0 Å². The molecule has 15 heavy (non-hydrogen) atoms. The summed E-state index contributed by atoms with van der Waals surface area (Å²) in [6, 6.07) is 0.814. The number of nitrogens with one attached hydrogen (secondary N) is 1. The predicted octanol–water partition coefficient (Wildman–Crippen LogP) is 0.0676. The summed E-state index contributed by atoms with van der Waals surface area (Å²) in [5.41, 5.74) is 0. The fraction of sp³-hybridized carbons (Fsp3) is 1.00. The average molecular weight is 216 g/mol. The van der Waals surface area contributed by atoms with Gasteiger partial charge in [-0.1, -0.05) is 6.92 Å². The number of hydrogen-bond donors (Lipinski definition) is 2. The SMILES string of the molecule is CCNC(CO)CN(C)C1CCOCC1. The van der Waals surface area contributed by atoms with E-state index in [4.69, 9.17) is 4.74 Å². The third-order valence-electron chi connectivity index (χ3n) is 3.04. The van der Waals surface area contributed by atoms with E-state index in [1.54, 1.807) is 0 Å². The van der Waals surface area contributed by atoms with E-state index in [0.29, 0.717) is 6.04 Å². The molecule has 0 amide bonds. The van der Waals surface area contributed by atoms with Gasteiger partial charge in [0.05, 0.1) is 6.61 Å². The molecule has 0 aromatic heterocycles. The lowest BCUT2D eigenvalue weighted by Gasteiger charge is -2.33.